The number of hydrogen-bond acceptors (Lipinski definition) is 8. The third kappa shape index (κ3) is 7.52. The van der Waals surface area contributed by atoms with Gasteiger partial charge in [-0.3, -0.25) is 4.98 Å². The second-order valence-electron chi connectivity index (χ2n) is 8.76. The van der Waals surface area contributed by atoms with E-state index in [4.69, 9.17) is 5.14 Å². The lowest BCUT2D eigenvalue weighted by Gasteiger charge is -2.17. The van der Waals surface area contributed by atoms with Crippen molar-refractivity contribution in [2.75, 3.05) is 23.0 Å². The maximum atomic E-state index is 13.7. The molecule has 206 valence electrons. The van der Waals surface area contributed by atoms with E-state index in [1.54, 1.807) is 30.3 Å². The van der Waals surface area contributed by atoms with E-state index >= 15 is 0 Å². The zero-order valence-corrected chi connectivity index (χ0v) is 22.9. The predicted octanol–water partition coefficient (Wildman–Crippen LogP) is 5.50. The van der Waals surface area contributed by atoms with Crippen LogP contribution in [0.4, 0.5) is 30.6 Å². The third-order valence-electron chi connectivity index (χ3n) is 6.18. The number of pyridine rings is 1. The summed E-state index contributed by atoms with van der Waals surface area (Å²) in [6, 6.07) is 10.1. The Balaban J connectivity index is 1.84. The first kappa shape index (κ1) is 29.5. The molecule has 0 amide bonds. The maximum absolute atomic E-state index is 13.7. The van der Waals surface area contributed by atoms with Gasteiger partial charge in [0.05, 0.1) is 12.8 Å². The summed E-state index contributed by atoms with van der Waals surface area (Å²) in [6.07, 6.45) is -0.989. The Morgan fingerprint density at radius 3 is 2.32 bits per heavy atom. The fourth-order valence-corrected chi connectivity index (χ4v) is 5.98. The average Bonchev–Trinajstić information content (AvgIpc) is 2.87. The van der Waals surface area contributed by atoms with Gasteiger partial charge in [-0.05, 0) is 48.6 Å². The van der Waals surface area contributed by atoms with Crippen molar-refractivity contribution in [3.63, 3.8) is 0 Å². The van der Waals surface area contributed by atoms with Crippen molar-refractivity contribution in [3.05, 3.63) is 71.2 Å². The number of nitrogens with two attached hydrogens (primary N) is 1. The number of nitrogens with one attached hydrogen (secondary N) is 2. The SMILES string of the molecule is CCP(=O)(CC)Cc1ccc(Nc2ncc(C(F)(F)F)c(NCc3cccnc3C(C)S(N)(=O)=O)n2)cc1. The van der Waals surface area contributed by atoms with E-state index in [0.29, 0.717) is 35.9 Å². The molecule has 2 aromatic heterocycles. The van der Waals surface area contributed by atoms with E-state index in [0.717, 1.165) is 5.56 Å². The lowest BCUT2D eigenvalue weighted by Crippen LogP contribution is -2.22. The lowest BCUT2D eigenvalue weighted by atomic mass is 10.1. The van der Waals surface area contributed by atoms with Gasteiger partial charge in [0, 0.05) is 30.8 Å². The first-order valence-corrected chi connectivity index (χ1v) is 15.7. The molecular weight excluding hydrogens is 540 g/mol. The van der Waals surface area contributed by atoms with Gasteiger partial charge < -0.3 is 15.2 Å². The minimum atomic E-state index is -4.74. The van der Waals surface area contributed by atoms with Crippen molar-refractivity contribution >= 4 is 34.6 Å². The van der Waals surface area contributed by atoms with E-state index in [1.807, 2.05) is 13.8 Å². The molecule has 0 aliphatic rings. The van der Waals surface area contributed by atoms with Crippen LogP contribution in [0.5, 0.6) is 0 Å². The van der Waals surface area contributed by atoms with Crippen LogP contribution < -0.4 is 15.8 Å². The molecular formula is C24H30F3N6O3PS. The predicted molar refractivity (Wildman–Crippen MR) is 142 cm³/mol. The van der Waals surface area contributed by atoms with Gasteiger partial charge in [0.15, 0.2) is 0 Å². The number of hydrogen-bond donors (Lipinski definition) is 3. The Kier molecular flexibility index (Phi) is 9.17. The van der Waals surface area contributed by atoms with Crippen molar-refractivity contribution in [3.8, 4) is 0 Å². The highest BCUT2D eigenvalue weighted by Gasteiger charge is 2.35. The molecule has 38 heavy (non-hydrogen) atoms. The fraction of sp³-hybridized carbons (Fsp3) is 0.375. The molecule has 0 spiro atoms. The van der Waals surface area contributed by atoms with Crippen LogP contribution in [0.3, 0.4) is 0 Å². The number of primary sulfonamides is 1. The highest BCUT2D eigenvalue weighted by Crippen LogP contribution is 2.48. The monoisotopic (exact) mass is 570 g/mol. The first-order valence-electron chi connectivity index (χ1n) is 11.8. The Morgan fingerprint density at radius 2 is 1.74 bits per heavy atom. The van der Waals surface area contributed by atoms with Gasteiger partial charge in [0.25, 0.3) is 0 Å². The molecule has 0 aliphatic carbocycles. The van der Waals surface area contributed by atoms with Crippen LogP contribution in [-0.2, 0) is 33.5 Å². The van der Waals surface area contributed by atoms with Crippen LogP contribution in [0.15, 0.2) is 48.8 Å². The van der Waals surface area contributed by atoms with Crippen molar-refractivity contribution in [1.29, 1.82) is 0 Å². The fourth-order valence-electron chi connectivity index (χ4n) is 3.69. The van der Waals surface area contributed by atoms with Crippen molar-refractivity contribution in [2.45, 2.75) is 44.9 Å². The Hall–Kier alpha value is -3.02. The lowest BCUT2D eigenvalue weighted by molar-refractivity contribution is -0.137. The molecule has 3 aromatic rings. The van der Waals surface area contributed by atoms with E-state index in [9.17, 15) is 26.2 Å². The highest BCUT2D eigenvalue weighted by molar-refractivity contribution is 7.89. The number of anilines is 3. The molecule has 0 bridgehead atoms. The molecule has 0 saturated heterocycles. The van der Waals surface area contributed by atoms with Gasteiger partial charge in [0.2, 0.25) is 16.0 Å². The molecule has 1 unspecified atom stereocenters. The molecule has 0 radical (unpaired) electrons. The molecule has 1 atom stereocenters. The van der Waals surface area contributed by atoms with Crippen LogP contribution in [0.1, 0.15) is 48.4 Å². The maximum Gasteiger partial charge on any atom is 0.421 e. The molecule has 4 N–H and O–H groups in total. The minimum Gasteiger partial charge on any atom is -0.365 e. The van der Waals surface area contributed by atoms with Crippen LogP contribution in [0.25, 0.3) is 0 Å². The van der Waals surface area contributed by atoms with Crippen LogP contribution in [0.2, 0.25) is 0 Å². The molecule has 0 saturated carbocycles. The summed E-state index contributed by atoms with van der Waals surface area (Å²) in [5.41, 5.74) is 0.831. The largest absolute Gasteiger partial charge is 0.421 e. The topological polar surface area (TPSA) is 140 Å². The zero-order chi connectivity index (χ0) is 28.1. The Labute approximate surface area is 219 Å². The number of sulfonamides is 1. The Morgan fingerprint density at radius 1 is 1.08 bits per heavy atom. The molecule has 14 heteroatoms. The molecule has 2 heterocycles. The summed E-state index contributed by atoms with van der Waals surface area (Å²) in [5.74, 6) is -0.568. The number of benzene rings is 1. The molecule has 1 aromatic carbocycles. The number of rotatable bonds is 11. The van der Waals surface area contributed by atoms with Crippen molar-refractivity contribution < 1.29 is 26.2 Å². The van der Waals surface area contributed by atoms with Gasteiger partial charge in [-0.2, -0.15) is 18.2 Å². The summed E-state index contributed by atoms with van der Waals surface area (Å²) in [4.78, 5) is 11.9. The van der Waals surface area contributed by atoms with Gasteiger partial charge in [-0.15, -0.1) is 0 Å². The van der Waals surface area contributed by atoms with Gasteiger partial charge in [-0.1, -0.05) is 32.0 Å². The second-order valence-corrected chi connectivity index (χ2v) is 14.3. The highest BCUT2D eigenvalue weighted by atomic mass is 32.2. The van der Waals surface area contributed by atoms with Crippen molar-refractivity contribution in [2.24, 2.45) is 5.14 Å². The first-order chi connectivity index (χ1) is 17.8. The van der Waals surface area contributed by atoms with Crippen LogP contribution in [-0.4, -0.2) is 35.7 Å². The number of nitrogens with zero attached hydrogens (tertiary/aromatic N) is 3. The summed E-state index contributed by atoms with van der Waals surface area (Å²) in [7, 11) is -6.24. The van der Waals surface area contributed by atoms with Gasteiger partial charge in [0.1, 0.15) is 16.6 Å². The number of halogens is 3. The second kappa shape index (κ2) is 11.8. The average molecular weight is 571 g/mol. The molecule has 3 rings (SSSR count). The van der Waals surface area contributed by atoms with Crippen LogP contribution >= 0.6 is 7.14 Å². The smallest absolute Gasteiger partial charge is 0.365 e. The van der Waals surface area contributed by atoms with E-state index in [2.05, 4.69) is 25.6 Å². The van der Waals surface area contributed by atoms with Crippen molar-refractivity contribution in [1.82, 2.24) is 15.0 Å². The van der Waals surface area contributed by atoms with E-state index in [1.165, 1.54) is 19.2 Å². The molecule has 0 fully saturated rings. The minimum absolute atomic E-state index is 0.0784. The normalized spacial score (nSPS) is 13.2. The summed E-state index contributed by atoms with van der Waals surface area (Å²) < 4.78 is 77.3. The summed E-state index contributed by atoms with van der Waals surface area (Å²) in [6.45, 7) is 4.98. The third-order valence-corrected chi connectivity index (χ3v) is 10.6. The molecule has 9 nitrogen and oxygen atoms in total. The number of aromatic nitrogens is 3. The quantitative estimate of drug-likeness (QED) is 0.257. The molecule has 0 aliphatic heterocycles. The van der Waals surface area contributed by atoms with Crippen LogP contribution in [0, 0.1) is 0 Å². The summed E-state index contributed by atoms with van der Waals surface area (Å²) >= 11 is 0. The summed E-state index contributed by atoms with van der Waals surface area (Å²) in [5, 5.41) is 9.60. The van der Waals surface area contributed by atoms with E-state index < -0.39 is 40.0 Å². The van der Waals surface area contributed by atoms with Gasteiger partial charge in [-0.25, -0.2) is 18.5 Å². The van der Waals surface area contributed by atoms with Gasteiger partial charge >= 0.3 is 6.18 Å². The number of alkyl halides is 3. The Bertz CT molecular complexity index is 1410. The standard InChI is InChI=1S/C24H30F3N6O3PS/c1-4-37(34,5-2)15-17-8-10-19(11-9-17)32-23-31-14-20(24(25,26)27)22(33-23)30-13-18-7-6-12-29-21(18)16(3)38(28,35)36/h6-12,14,16H,4-5,13,15H2,1-3H3,(H2,28,35,36)(H2,30,31,32,33). The zero-order valence-electron chi connectivity index (χ0n) is 21.2. The van der Waals surface area contributed by atoms with E-state index in [-0.39, 0.29) is 18.2 Å².